The van der Waals surface area contributed by atoms with Crippen LogP contribution in [0.2, 0.25) is 0 Å². The molecule has 0 saturated heterocycles. The van der Waals surface area contributed by atoms with E-state index in [0.29, 0.717) is 5.56 Å². The van der Waals surface area contributed by atoms with E-state index in [1.165, 1.54) is 19.1 Å². The first-order valence-electron chi connectivity index (χ1n) is 4.31. The summed E-state index contributed by atoms with van der Waals surface area (Å²) in [6.45, 7) is 1.29. The minimum atomic E-state index is -2.63. The van der Waals surface area contributed by atoms with Gasteiger partial charge in [0, 0.05) is 6.54 Å². The van der Waals surface area contributed by atoms with Gasteiger partial charge < -0.3 is 5.73 Å². The molecule has 0 radical (unpaired) electrons. The van der Waals surface area contributed by atoms with Crippen molar-refractivity contribution in [3.63, 3.8) is 0 Å². The lowest BCUT2D eigenvalue weighted by Gasteiger charge is -2.15. The Balaban J connectivity index is 3.10. The first-order chi connectivity index (χ1) is 6.57. The molecule has 0 saturated carbocycles. The zero-order chi connectivity index (χ0) is 10.7. The maximum absolute atomic E-state index is 13.4. The van der Waals surface area contributed by atoms with Crippen molar-refractivity contribution < 1.29 is 13.2 Å². The van der Waals surface area contributed by atoms with Crippen LogP contribution in [0.3, 0.4) is 0 Å². The second-order valence-corrected chi connectivity index (χ2v) is 3.15. The Morgan fingerprint density at radius 3 is 2.50 bits per heavy atom. The van der Waals surface area contributed by atoms with E-state index >= 15 is 0 Å². The van der Waals surface area contributed by atoms with E-state index in [-0.39, 0.29) is 12.1 Å². The second-order valence-electron chi connectivity index (χ2n) is 3.15. The highest BCUT2D eigenvalue weighted by atomic mass is 19.3. The summed E-state index contributed by atoms with van der Waals surface area (Å²) in [7, 11) is 0. The van der Waals surface area contributed by atoms with Crippen molar-refractivity contribution in [1.82, 2.24) is 0 Å². The molecule has 78 valence electrons. The molecule has 1 nitrogen and oxygen atoms in total. The van der Waals surface area contributed by atoms with Gasteiger partial charge in [0.25, 0.3) is 0 Å². The second kappa shape index (κ2) is 4.46. The highest BCUT2D eigenvalue weighted by Crippen LogP contribution is 2.25. The molecule has 1 aromatic carbocycles. The van der Waals surface area contributed by atoms with Gasteiger partial charge in [-0.05, 0) is 18.1 Å². The standard InChI is InChI=1S/C10H12F3N/c1-6-3-2-4-7(9(6)11)8(5-14)10(12)13/h2-4,8,10H,5,14H2,1H3. The van der Waals surface area contributed by atoms with Crippen LogP contribution in [-0.4, -0.2) is 13.0 Å². The van der Waals surface area contributed by atoms with E-state index in [0.717, 1.165) is 0 Å². The minimum absolute atomic E-state index is 0.00231. The van der Waals surface area contributed by atoms with Crippen LogP contribution in [0.1, 0.15) is 17.0 Å². The van der Waals surface area contributed by atoms with Gasteiger partial charge in [-0.15, -0.1) is 0 Å². The van der Waals surface area contributed by atoms with E-state index in [4.69, 9.17) is 5.73 Å². The smallest absolute Gasteiger partial charge is 0.246 e. The molecule has 0 fully saturated rings. The van der Waals surface area contributed by atoms with Crippen LogP contribution in [0.15, 0.2) is 18.2 Å². The zero-order valence-electron chi connectivity index (χ0n) is 7.81. The summed E-state index contributed by atoms with van der Waals surface area (Å²) in [6.07, 6.45) is -2.63. The Hall–Kier alpha value is -1.03. The molecule has 1 unspecified atom stereocenters. The summed E-state index contributed by atoms with van der Waals surface area (Å²) >= 11 is 0. The maximum Gasteiger partial charge on any atom is 0.246 e. The van der Waals surface area contributed by atoms with Crippen LogP contribution in [0, 0.1) is 12.7 Å². The number of hydrogen-bond donors (Lipinski definition) is 1. The third kappa shape index (κ3) is 2.07. The quantitative estimate of drug-likeness (QED) is 0.802. The van der Waals surface area contributed by atoms with Gasteiger partial charge in [0.1, 0.15) is 5.82 Å². The zero-order valence-corrected chi connectivity index (χ0v) is 7.81. The van der Waals surface area contributed by atoms with E-state index in [1.807, 2.05) is 0 Å². The molecule has 0 aromatic heterocycles. The SMILES string of the molecule is Cc1cccc(C(CN)C(F)F)c1F. The highest BCUT2D eigenvalue weighted by molar-refractivity contribution is 5.28. The van der Waals surface area contributed by atoms with Gasteiger partial charge in [0.05, 0.1) is 5.92 Å². The van der Waals surface area contributed by atoms with Crippen molar-refractivity contribution >= 4 is 0 Å². The average Bonchev–Trinajstić information content (AvgIpc) is 2.13. The topological polar surface area (TPSA) is 26.0 Å². The molecule has 0 aliphatic carbocycles. The minimum Gasteiger partial charge on any atom is -0.330 e. The molecule has 0 amide bonds. The van der Waals surface area contributed by atoms with E-state index < -0.39 is 18.2 Å². The molecule has 1 atom stereocenters. The van der Waals surface area contributed by atoms with Crippen LogP contribution in [-0.2, 0) is 0 Å². The lowest BCUT2D eigenvalue weighted by atomic mass is 9.97. The van der Waals surface area contributed by atoms with Crippen LogP contribution in [0.5, 0.6) is 0 Å². The van der Waals surface area contributed by atoms with Crippen molar-refractivity contribution in [2.45, 2.75) is 19.3 Å². The molecule has 0 aliphatic heterocycles. The van der Waals surface area contributed by atoms with Crippen molar-refractivity contribution in [3.8, 4) is 0 Å². The summed E-state index contributed by atoms with van der Waals surface area (Å²) in [6, 6.07) is 4.45. The van der Waals surface area contributed by atoms with Crippen LogP contribution in [0.4, 0.5) is 13.2 Å². The van der Waals surface area contributed by atoms with Gasteiger partial charge in [-0.1, -0.05) is 18.2 Å². The third-order valence-corrected chi connectivity index (χ3v) is 2.18. The number of halogens is 3. The van der Waals surface area contributed by atoms with E-state index in [1.54, 1.807) is 6.07 Å². The van der Waals surface area contributed by atoms with E-state index in [9.17, 15) is 13.2 Å². The Labute approximate surface area is 80.7 Å². The van der Waals surface area contributed by atoms with Gasteiger partial charge in [0.2, 0.25) is 6.43 Å². The normalized spacial score (nSPS) is 13.3. The molecular formula is C10H12F3N. The lowest BCUT2D eigenvalue weighted by Crippen LogP contribution is -2.21. The first kappa shape index (κ1) is 11.0. The summed E-state index contributed by atoms with van der Waals surface area (Å²) in [5.74, 6) is -1.79. The molecule has 14 heavy (non-hydrogen) atoms. The Morgan fingerprint density at radius 2 is 2.00 bits per heavy atom. The molecule has 1 rings (SSSR count). The molecule has 0 aliphatic rings. The van der Waals surface area contributed by atoms with Crippen LogP contribution >= 0.6 is 0 Å². The Kier molecular flexibility index (Phi) is 3.52. The van der Waals surface area contributed by atoms with Crippen LogP contribution in [0.25, 0.3) is 0 Å². The Morgan fingerprint density at radius 1 is 1.36 bits per heavy atom. The molecule has 0 spiro atoms. The predicted octanol–water partition coefficient (Wildman–Crippen LogP) is 2.44. The number of benzene rings is 1. The summed E-state index contributed by atoms with van der Waals surface area (Å²) in [5.41, 5.74) is 5.54. The number of rotatable bonds is 3. The fraction of sp³-hybridized carbons (Fsp3) is 0.400. The van der Waals surface area contributed by atoms with Crippen molar-refractivity contribution in [2.24, 2.45) is 5.73 Å². The monoisotopic (exact) mass is 203 g/mol. The predicted molar refractivity (Wildman–Crippen MR) is 48.9 cm³/mol. The van der Waals surface area contributed by atoms with Gasteiger partial charge in [-0.2, -0.15) is 0 Å². The molecule has 4 heteroatoms. The number of hydrogen-bond acceptors (Lipinski definition) is 1. The summed E-state index contributed by atoms with van der Waals surface area (Å²) < 4.78 is 38.3. The van der Waals surface area contributed by atoms with E-state index in [2.05, 4.69) is 0 Å². The van der Waals surface area contributed by atoms with Crippen LogP contribution < -0.4 is 5.73 Å². The largest absolute Gasteiger partial charge is 0.330 e. The summed E-state index contributed by atoms with van der Waals surface area (Å²) in [5, 5.41) is 0. The van der Waals surface area contributed by atoms with Gasteiger partial charge in [-0.25, -0.2) is 13.2 Å². The maximum atomic E-state index is 13.4. The lowest BCUT2D eigenvalue weighted by molar-refractivity contribution is 0.115. The fourth-order valence-electron chi connectivity index (χ4n) is 1.32. The first-order valence-corrected chi connectivity index (χ1v) is 4.31. The molecule has 2 N–H and O–H groups in total. The third-order valence-electron chi connectivity index (χ3n) is 2.18. The molecule has 0 bridgehead atoms. The molecular weight excluding hydrogens is 191 g/mol. The van der Waals surface area contributed by atoms with Crippen molar-refractivity contribution in [1.29, 1.82) is 0 Å². The fourth-order valence-corrected chi connectivity index (χ4v) is 1.32. The van der Waals surface area contributed by atoms with Crippen molar-refractivity contribution in [2.75, 3.05) is 6.54 Å². The average molecular weight is 203 g/mol. The number of nitrogens with two attached hydrogens (primary N) is 1. The Bertz CT molecular complexity index is 312. The molecule has 1 aromatic rings. The van der Waals surface area contributed by atoms with Crippen molar-refractivity contribution in [3.05, 3.63) is 35.1 Å². The molecule has 0 heterocycles. The summed E-state index contributed by atoms with van der Waals surface area (Å²) in [4.78, 5) is 0. The number of aryl methyl sites for hydroxylation is 1. The van der Waals surface area contributed by atoms with Gasteiger partial charge in [0.15, 0.2) is 0 Å². The van der Waals surface area contributed by atoms with Gasteiger partial charge >= 0.3 is 0 Å². The van der Waals surface area contributed by atoms with Gasteiger partial charge in [-0.3, -0.25) is 0 Å². The highest BCUT2D eigenvalue weighted by Gasteiger charge is 2.24. The number of alkyl halides is 2.